The maximum absolute atomic E-state index is 15.2. The molecule has 0 aliphatic rings. The predicted octanol–water partition coefficient (Wildman–Crippen LogP) is 6.20. The molecule has 0 heterocycles. The van der Waals surface area contributed by atoms with Gasteiger partial charge >= 0.3 is 0 Å². The summed E-state index contributed by atoms with van der Waals surface area (Å²) in [6, 6.07) is 17.8. The van der Waals surface area contributed by atoms with Gasteiger partial charge in [0.15, 0.2) is 0 Å². The van der Waals surface area contributed by atoms with Crippen LogP contribution in [0.4, 0.5) is 4.39 Å². The highest BCUT2D eigenvalue weighted by Crippen LogP contribution is 2.33. The Morgan fingerprint density at radius 3 is 1.93 bits per heavy atom. The van der Waals surface area contributed by atoms with Crippen LogP contribution in [0.3, 0.4) is 0 Å². The van der Waals surface area contributed by atoms with Crippen LogP contribution in [0.15, 0.2) is 54.6 Å². The summed E-state index contributed by atoms with van der Waals surface area (Å²) >= 11 is 0. The van der Waals surface area contributed by atoms with E-state index in [1.165, 1.54) is 11.1 Å². The molecule has 3 rings (SSSR count). The van der Waals surface area contributed by atoms with Gasteiger partial charge in [0.25, 0.3) is 0 Å². The molecule has 0 fully saturated rings. The normalized spacial score (nSPS) is 11.1. The van der Waals surface area contributed by atoms with Crippen molar-refractivity contribution in [3.05, 3.63) is 82.7 Å². The Kier molecular flexibility index (Phi) is 7.92. The molecule has 0 N–H and O–H groups in total. The van der Waals surface area contributed by atoms with E-state index < -0.39 is 0 Å². The van der Waals surface area contributed by atoms with Crippen molar-refractivity contribution in [3.8, 4) is 22.3 Å². The first-order valence-corrected chi connectivity index (χ1v) is 11.2. The zero-order valence-electron chi connectivity index (χ0n) is 16.9. The number of hydrogen-bond donors (Lipinski definition) is 0. The summed E-state index contributed by atoms with van der Waals surface area (Å²) in [6.07, 6.45) is 1.72. The Labute approximate surface area is 177 Å². The average Bonchev–Trinajstić information content (AvgIpc) is 2.75. The molecule has 29 heavy (non-hydrogen) atoms. The summed E-state index contributed by atoms with van der Waals surface area (Å²) in [5.74, 6) is -0.239. The summed E-state index contributed by atoms with van der Waals surface area (Å²) in [7, 11) is 8.79. The number of hydrogen-bond acceptors (Lipinski definition) is 2. The van der Waals surface area contributed by atoms with Crippen molar-refractivity contribution in [1.29, 1.82) is 0 Å². The highest BCUT2D eigenvalue weighted by molar-refractivity contribution is 7.15. The van der Waals surface area contributed by atoms with Gasteiger partial charge in [-0.15, -0.1) is 18.5 Å². The number of ether oxygens (including phenoxy) is 2. The maximum atomic E-state index is 15.2. The Morgan fingerprint density at radius 2 is 1.34 bits per heavy atom. The van der Waals surface area contributed by atoms with Crippen LogP contribution in [0.1, 0.15) is 22.3 Å². The lowest BCUT2D eigenvalue weighted by atomic mass is 9.92. The standard InChI is InChI=1S/C24H27FO2P2/c1-26-12-19-10-23(20(13-27-2)9-21(19)15-29)22-8-7-18(11-24(22)25)17-5-3-16(14-28)4-6-17/h3-11H,12-15,28-29H2,1-2H3. The zero-order valence-corrected chi connectivity index (χ0v) is 19.2. The summed E-state index contributed by atoms with van der Waals surface area (Å²) in [5.41, 5.74) is 7.74. The monoisotopic (exact) mass is 428 g/mol. The predicted molar refractivity (Wildman–Crippen MR) is 126 cm³/mol. The van der Waals surface area contributed by atoms with Crippen LogP contribution in [-0.2, 0) is 35.0 Å². The van der Waals surface area contributed by atoms with E-state index in [0.29, 0.717) is 18.8 Å². The summed E-state index contributed by atoms with van der Waals surface area (Å²) in [4.78, 5) is 0. The smallest absolute Gasteiger partial charge is 0.131 e. The fraction of sp³-hybridized carbons (Fsp3) is 0.250. The fourth-order valence-electron chi connectivity index (χ4n) is 3.49. The Bertz CT molecular complexity index is 971. The number of rotatable bonds is 8. The van der Waals surface area contributed by atoms with Gasteiger partial charge in [0.1, 0.15) is 5.82 Å². The van der Waals surface area contributed by atoms with E-state index >= 15 is 4.39 Å². The lowest BCUT2D eigenvalue weighted by Gasteiger charge is -2.16. The van der Waals surface area contributed by atoms with Gasteiger partial charge in [-0.25, -0.2) is 4.39 Å². The maximum Gasteiger partial charge on any atom is 0.131 e. The molecule has 2 nitrogen and oxygen atoms in total. The fourth-order valence-corrected chi connectivity index (χ4v) is 4.14. The van der Waals surface area contributed by atoms with Crippen LogP contribution in [0.5, 0.6) is 0 Å². The van der Waals surface area contributed by atoms with E-state index in [0.717, 1.165) is 40.1 Å². The van der Waals surface area contributed by atoms with Crippen LogP contribution >= 0.6 is 18.5 Å². The second-order valence-electron chi connectivity index (χ2n) is 6.94. The minimum atomic E-state index is -0.239. The Hall–Kier alpha value is -1.63. The molecule has 0 saturated carbocycles. The molecular weight excluding hydrogens is 401 g/mol. The van der Waals surface area contributed by atoms with Crippen LogP contribution in [-0.4, -0.2) is 14.2 Å². The lowest BCUT2D eigenvalue weighted by molar-refractivity contribution is 0.182. The molecule has 2 atom stereocenters. The minimum absolute atomic E-state index is 0.239. The molecule has 0 spiro atoms. The number of halogens is 1. The first kappa shape index (κ1) is 22.1. The van der Waals surface area contributed by atoms with Crippen molar-refractivity contribution < 1.29 is 13.9 Å². The van der Waals surface area contributed by atoms with Gasteiger partial charge in [0, 0.05) is 19.8 Å². The average molecular weight is 428 g/mol. The molecule has 5 heteroatoms. The summed E-state index contributed by atoms with van der Waals surface area (Å²) in [6.45, 7) is 0.920. The minimum Gasteiger partial charge on any atom is -0.380 e. The summed E-state index contributed by atoms with van der Waals surface area (Å²) < 4.78 is 25.9. The number of methoxy groups -OCH3 is 2. The van der Waals surface area contributed by atoms with E-state index in [9.17, 15) is 0 Å². The molecule has 0 saturated heterocycles. The molecule has 3 aromatic carbocycles. The Balaban J connectivity index is 2.05. The third-order valence-electron chi connectivity index (χ3n) is 5.03. The molecule has 0 radical (unpaired) electrons. The van der Waals surface area contributed by atoms with Crippen molar-refractivity contribution in [3.63, 3.8) is 0 Å². The first-order valence-electron chi connectivity index (χ1n) is 9.53. The van der Waals surface area contributed by atoms with Gasteiger partial charge in [-0.2, -0.15) is 0 Å². The quantitative estimate of drug-likeness (QED) is 0.398. The summed E-state index contributed by atoms with van der Waals surface area (Å²) in [5, 5.41) is 0. The van der Waals surface area contributed by atoms with Crippen molar-refractivity contribution in [2.24, 2.45) is 0 Å². The zero-order chi connectivity index (χ0) is 20.8. The number of benzene rings is 3. The van der Waals surface area contributed by atoms with E-state index in [1.54, 1.807) is 20.3 Å². The molecule has 152 valence electrons. The van der Waals surface area contributed by atoms with Gasteiger partial charge in [0.2, 0.25) is 0 Å². The highest BCUT2D eigenvalue weighted by Gasteiger charge is 2.15. The van der Waals surface area contributed by atoms with E-state index in [-0.39, 0.29) is 5.82 Å². The lowest BCUT2D eigenvalue weighted by Crippen LogP contribution is -2.01. The van der Waals surface area contributed by atoms with Crippen LogP contribution in [0.25, 0.3) is 22.3 Å². The largest absolute Gasteiger partial charge is 0.380 e. The van der Waals surface area contributed by atoms with Gasteiger partial charge in [-0.05, 0) is 63.4 Å². The van der Waals surface area contributed by atoms with Crippen molar-refractivity contribution >= 4 is 18.5 Å². The molecule has 0 aliphatic carbocycles. The molecule has 0 aliphatic heterocycles. The van der Waals surface area contributed by atoms with Crippen LogP contribution < -0.4 is 0 Å². The Morgan fingerprint density at radius 1 is 0.690 bits per heavy atom. The molecule has 0 bridgehead atoms. The molecular formula is C24H27FO2P2. The van der Waals surface area contributed by atoms with Gasteiger partial charge in [-0.3, -0.25) is 0 Å². The molecule has 3 aromatic rings. The third-order valence-corrected chi connectivity index (χ3v) is 5.94. The third kappa shape index (κ3) is 5.11. The van der Waals surface area contributed by atoms with Gasteiger partial charge in [-0.1, -0.05) is 42.5 Å². The van der Waals surface area contributed by atoms with E-state index in [4.69, 9.17) is 9.47 Å². The second kappa shape index (κ2) is 10.4. The van der Waals surface area contributed by atoms with Gasteiger partial charge < -0.3 is 9.47 Å². The van der Waals surface area contributed by atoms with E-state index in [2.05, 4.69) is 36.7 Å². The van der Waals surface area contributed by atoms with Crippen molar-refractivity contribution in [2.75, 3.05) is 14.2 Å². The van der Waals surface area contributed by atoms with Crippen molar-refractivity contribution in [1.82, 2.24) is 0 Å². The molecule has 0 amide bonds. The highest BCUT2D eigenvalue weighted by atomic mass is 31.0. The molecule has 0 aromatic heterocycles. The molecule has 2 unspecified atom stereocenters. The van der Waals surface area contributed by atoms with Gasteiger partial charge in [0.05, 0.1) is 13.2 Å². The topological polar surface area (TPSA) is 18.5 Å². The first-order chi connectivity index (χ1) is 14.1. The van der Waals surface area contributed by atoms with Crippen LogP contribution in [0, 0.1) is 5.82 Å². The van der Waals surface area contributed by atoms with E-state index in [1.807, 2.05) is 30.3 Å². The van der Waals surface area contributed by atoms with Crippen LogP contribution in [0.2, 0.25) is 0 Å². The van der Waals surface area contributed by atoms with Crippen molar-refractivity contribution in [2.45, 2.75) is 25.5 Å². The SMILES string of the molecule is COCc1cc(-c2ccc(-c3ccc(CP)cc3)cc2F)c(COC)cc1CP. The second-order valence-corrected chi connectivity index (χ2v) is 7.76.